The van der Waals surface area contributed by atoms with E-state index in [-0.39, 0.29) is 5.66 Å². The van der Waals surface area contributed by atoms with Crippen molar-refractivity contribution in [1.29, 1.82) is 0 Å². The molecule has 4 N–H and O–H groups in total. The lowest BCUT2D eigenvalue weighted by atomic mass is 10.1. The highest BCUT2D eigenvalue weighted by molar-refractivity contribution is 5.25. The van der Waals surface area contributed by atoms with E-state index in [1.165, 1.54) is 44.3 Å². The fraction of sp³-hybridized carbons (Fsp3) is 0.700. The molecule has 0 atom stereocenters. The Morgan fingerprint density at radius 2 is 1.28 bits per heavy atom. The molecule has 142 valence electrons. The second-order valence-electron chi connectivity index (χ2n) is 7.64. The molecule has 3 aliphatic rings. The first kappa shape index (κ1) is 20.2. The van der Waals surface area contributed by atoms with Gasteiger partial charge in [0.2, 0.25) is 0 Å². The highest BCUT2D eigenvalue weighted by atomic mass is 16.5. The monoisotopic (exact) mass is 348 g/mol. The summed E-state index contributed by atoms with van der Waals surface area (Å²) in [6.07, 6.45) is 5.49. The first-order chi connectivity index (χ1) is 11.9. The van der Waals surface area contributed by atoms with E-state index in [9.17, 15) is 0 Å². The van der Waals surface area contributed by atoms with Crippen LogP contribution in [0.5, 0.6) is 5.75 Å². The molecule has 25 heavy (non-hydrogen) atoms. The van der Waals surface area contributed by atoms with Crippen molar-refractivity contribution in [3.05, 3.63) is 29.8 Å². The van der Waals surface area contributed by atoms with Crippen molar-refractivity contribution in [2.45, 2.75) is 57.8 Å². The molecule has 0 amide bonds. The Balaban J connectivity index is 0.000000137. The third kappa shape index (κ3) is 6.94. The average molecular weight is 349 g/mol. The van der Waals surface area contributed by atoms with Gasteiger partial charge < -0.3 is 4.74 Å². The van der Waals surface area contributed by atoms with Crippen LogP contribution >= 0.6 is 0 Å². The number of hydrogen-bond donors (Lipinski definition) is 4. The number of benzene rings is 1. The largest absolute Gasteiger partial charge is 0.497 e. The lowest BCUT2D eigenvalue weighted by molar-refractivity contribution is 0.345. The number of methoxy groups -OCH3 is 1. The quantitative estimate of drug-likeness (QED) is 0.628. The third-order valence-corrected chi connectivity index (χ3v) is 5.02. The van der Waals surface area contributed by atoms with Crippen LogP contribution < -0.4 is 26.0 Å². The molecule has 1 aromatic rings. The minimum absolute atomic E-state index is 0.194. The van der Waals surface area contributed by atoms with Gasteiger partial charge in [0.1, 0.15) is 5.75 Å². The van der Waals surface area contributed by atoms with Gasteiger partial charge in [0.15, 0.2) is 0 Å². The van der Waals surface area contributed by atoms with Gasteiger partial charge in [0.05, 0.1) is 18.4 Å². The summed E-state index contributed by atoms with van der Waals surface area (Å²) in [6, 6.07) is 7.96. The van der Waals surface area contributed by atoms with E-state index in [1.54, 1.807) is 7.11 Å². The van der Waals surface area contributed by atoms with Crippen molar-refractivity contribution in [1.82, 2.24) is 21.3 Å². The zero-order valence-corrected chi connectivity index (χ0v) is 16.4. The molecular formula is C20H36N4O. The van der Waals surface area contributed by atoms with E-state index < -0.39 is 0 Å². The smallest absolute Gasteiger partial charge is 0.118 e. The fourth-order valence-electron chi connectivity index (χ4n) is 3.49. The van der Waals surface area contributed by atoms with Crippen molar-refractivity contribution in [3.63, 3.8) is 0 Å². The van der Waals surface area contributed by atoms with Crippen LogP contribution in [-0.2, 0) is 0 Å². The van der Waals surface area contributed by atoms with Gasteiger partial charge in [-0.3, -0.25) is 21.3 Å². The summed E-state index contributed by atoms with van der Waals surface area (Å²) in [5.41, 5.74) is 1.84. The molecule has 2 aliphatic heterocycles. The molecule has 5 nitrogen and oxygen atoms in total. The third-order valence-electron chi connectivity index (χ3n) is 5.02. The molecule has 4 rings (SSSR count). The number of hydrogen-bond acceptors (Lipinski definition) is 5. The van der Waals surface area contributed by atoms with Crippen LogP contribution in [0.25, 0.3) is 0 Å². The zero-order chi connectivity index (χ0) is 18.2. The summed E-state index contributed by atoms with van der Waals surface area (Å²) in [5, 5.41) is 13.6. The molecular weight excluding hydrogens is 312 g/mol. The molecule has 1 aromatic carbocycles. The van der Waals surface area contributed by atoms with Gasteiger partial charge in [-0.2, -0.15) is 0 Å². The molecule has 1 saturated carbocycles. The van der Waals surface area contributed by atoms with E-state index in [4.69, 9.17) is 4.74 Å². The Bertz CT molecular complexity index is 463. The van der Waals surface area contributed by atoms with Crippen molar-refractivity contribution in [3.8, 4) is 5.75 Å². The minimum atomic E-state index is 0.194. The molecule has 2 heterocycles. The van der Waals surface area contributed by atoms with Crippen molar-refractivity contribution in [2.24, 2.45) is 0 Å². The van der Waals surface area contributed by atoms with Crippen LogP contribution in [0, 0.1) is 6.92 Å². The van der Waals surface area contributed by atoms with Crippen molar-refractivity contribution < 1.29 is 4.74 Å². The molecule has 0 bridgehead atoms. The average Bonchev–Trinajstić information content (AvgIpc) is 3.34. The Kier molecular flexibility index (Phi) is 7.69. The maximum atomic E-state index is 4.97. The number of rotatable bonds is 1. The number of aryl methyl sites for hydroxylation is 1. The molecule has 1 spiro atoms. The highest BCUT2D eigenvalue weighted by Gasteiger charge is 2.35. The Morgan fingerprint density at radius 3 is 1.68 bits per heavy atom. The molecule has 5 heteroatoms. The summed E-state index contributed by atoms with van der Waals surface area (Å²) in [4.78, 5) is 0. The topological polar surface area (TPSA) is 57.3 Å². The molecule has 1 aliphatic carbocycles. The maximum absolute atomic E-state index is 4.97. The maximum Gasteiger partial charge on any atom is 0.118 e. The van der Waals surface area contributed by atoms with E-state index >= 15 is 0 Å². The predicted molar refractivity (Wildman–Crippen MR) is 105 cm³/mol. The van der Waals surface area contributed by atoms with Gasteiger partial charge >= 0.3 is 0 Å². The summed E-state index contributed by atoms with van der Waals surface area (Å²) in [5.74, 6) is 0.917. The summed E-state index contributed by atoms with van der Waals surface area (Å²) in [6.45, 7) is 10.9. The molecule has 2 saturated heterocycles. The van der Waals surface area contributed by atoms with Crippen molar-refractivity contribution in [2.75, 3.05) is 33.3 Å². The van der Waals surface area contributed by atoms with Crippen LogP contribution in [0.3, 0.4) is 0 Å². The molecule has 0 unspecified atom stereocenters. The lowest BCUT2D eigenvalue weighted by Gasteiger charge is -2.22. The van der Waals surface area contributed by atoms with Crippen molar-refractivity contribution >= 4 is 0 Å². The second-order valence-corrected chi connectivity index (χ2v) is 7.64. The summed E-state index contributed by atoms with van der Waals surface area (Å²) in [7, 11) is 1.67. The van der Waals surface area contributed by atoms with E-state index in [0.717, 1.165) is 18.8 Å². The van der Waals surface area contributed by atoms with Crippen LogP contribution in [-0.4, -0.2) is 44.6 Å². The first-order valence-electron chi connectivity index (χ1n) is 9.56. The standard InChI is InChI=1S/C8H10O.C7H14N2.C5H12N2/c1-7-3-5-8(9-2)6-4-7;1-2-4-7(3-1)8-5-6-9-7;1-5(2)6-3-4-7-5/h3-6H,1-2H3;8-9H,1-6H2;6-7H,3-4H2,1-2H3. The normalized spacial score (nSPS) is 22.7. The zero-order valence-electron chi connectivity index (χ0n) is 16.4. The Labute approximate surface area is 153 Å². The van der Waals surface area contributed by atoms with Gasteiger partial charge in [-0.15, -0.1) is 0 Å². The highest BCUT2D eigenvalue weighted by Crippen LogP contribution is 2.28. The summed E-state index contributed by atoms with van der Waals surface area (Å²) < 4.78 is 4.97. The molecule has 3 fully saturated rings. The number of ether oxygens (including phenoxy) is 1. The van der Waals surface area contributed by atoms with Crippen LogP contribution in [0.4, 0.5) is 0 Å². The van der Waals surface area contributed by atoms with Crippen LogP contribution in [0.15, 0.2) is 24.3 Å². The van der Waals surface area contributed by atoms with E-state index in [0.29, 0.717) is 5.66 Å². The van der Waals surface area contributed by atoms with Gasteiger partial charge in [0, 0.05) is 26.2 Å². The number of nitrogens with one attached hydrogen (secondary N) is 4. The second kappa shape index (κ2) is 9.53. The SMILES string of the molecule is C1CCC2(C1)NCCN2.CC1(C)NCCN1.COc1ccc(C)cc1. The minimum Gasteiger partial charge on any atom is -0.497 e. The van der Waals surface area contributed by atoms with E-state index in [1.807, 2.05) is 24.3 Å². The molecule has 0 aromatic heterocycles. The van der Waals surface area contributed by atoms with Gasteiger partial charge in [-0.25, -0.2) is 0 Å². The predicted octanol–water partition coefficient (Wildman–Crippen LogP) is 2.37. The first-order valence-corrected chi connectivity index (χ1v) is 9.56. The molecule has 0 radical (unpaired) electrons. The van der Waals surface area contributed by atoms with Gasteiger partial charge in [-0.05, 0) is 45.7 Å². The Morgan fingerprint density at radius 1 is 0.800 bits per heavy atom. The Hall–Kier alpha value is -1.14. The fourth-order valence-corrected chi connectivity index (χ4v) is 3.49. The van der Waals surface area contributed by atoms with Crippen LogP contribution in [0.2, 0.25) is 0 Å². The van der Waals surface area contributed by atoms with Crippen LogP contribution in [0.1, 0.15) is 45.1 Å². The summed E-state index contributed by atoms with van der Waals surface area (Å²) >= 11 is 0. The van der Waals surface area contributed by atoms with Gasteiger partial charge in [-0.1, -0.05) is 30.5 Å². The van der Waals surface area contributed by atoms with Gasteiger partial charge in [0.25, 0.3) is 0 Å². The lowest BCUT2D eigenvalue weighted by Crippen LogP contribution is -2.45. The van der Waals surface area contributed by atoms with E-state index in [2.05, 4.69) is 42.0 Å².